The largest absolute Gasteiger partial charge is 0.508 e. The summed E-state index contributed by atoms with van der Waals surface area (Å²) in [6.45, 7) is 2.62. The quantitative estimate of drug-likeness (QED) is 0.711. The van der Waals surface area contributed by atoms with Gasteiger partial charge < -0.3 is 20.6 Å². The van der Waals surface area contributed by atoms with Crippen molar-refractivity contribution in [3.05, 3.63) is 59.7 Å². The number of anilines is 1. The molecule has 2 aromatic rings. The third-order valence-corrected chi connectivity index (χ3v) is 3.88. The molecule has 0 aromatic heterocycles. The van der Waals surface area contributed by atoms with Crippen LogP contribution in [0.2, 0.25) is 0 Å². The second kappa shape index (κ2) is 9.46. The summed E-state index contributed by atoms with van der Waals surface area (Å²) in [4.78, 5) is 25.4. The van der Waals surface area contributed by atoms with E-state index in [1.54, 1.807) is 25.2 Å². The van der Waals surface area contributed by atoms with E-state index in [9.17, 15) is 14.7 Å². The molecule has 0 radical (unpaired) electrons. The number of urea groups is 1. The fraction of sp³-hybridized carbons (Fsp3) is 0.300. The Morgan fingerprint density at radius 2 is 1.88 bits per heavy atom. The third kappa shape index (κ3) is 5.81. The van der Waals surface area contributed by atoms with Gasteiger partial charge in [0.2, 0.25) is 5.91 Å². The first-order chi connectivity index (χ1) is 12.5. The first kappa shape index (κ1) is 19.3. The summed E-state index contributed by atoms with van der Waals surface area (Å²) in [5.41, 5.74) is 2.30. The lowest BCUT2D eigenvalue weighted by atomic mass is 10.2. The molecule has 0 aliphatic heterocycles. The second-order valence-corrected chi connectivity index (χ2v) is 6.14. The summed E-state index contributed by atoms with van der Waals surface area (Å²) >= 11 is 0. The lowest BCUT2D eigenvalue weighted by molar-refractivity contribution is -0.116. The molecule has 0 atom stereocenters. The van der Waals surface area contributed by atoms with Crippen molar-refractivity contribution < 1.29 is 14.7 Å². The zero-order valence-corrected chi connectivity index (χ0v) is 15.2. The number of para-hydroxylation sites is 1. The highest BCUT2D eigenvalue weighted by Crippen LogP contribution is 2.17. The van der Waals surface area contributed by atoms with Gasteiger partial charge in [-0.05, 0) is 30.2 Å². The molecule has 0 spiro atoms. The number of amides is 3. The topological polar surface area (TPSA) is 81.7 Å². The highest BCUT2D eigenvalue weighted by Gasteiger charge is 2.11. The molecule has 3 amide bonds. The fourth-order valence-corrected chi connectivity index (χ4v) is 2.49. The van der Waals surface area contributed by atoms with Crippen molar-refractivity contribution >= 4 is 17.6 Å². The van der Waals surface area contributed by atoms with Crippen LogP contribution in [0.1, 0.15) is 30.9 Å². The average Bonchev–Trinajstić information content (AvgIpc) is 2.62. The van der Waals surface area contributed by atoms with Crippen molar-refractivity contribution in [2.24, 2.45) is 0 Å². The van der Waals surface area contributed by atoms with Crippen LogP contribution in [0.3, 0.4) is 0 Å². The van der Waals surface area contributed by atoms with Crippen LogP contribution in [0.15, 0.2) is 48.5 Å². The van der Waals surface area contributed by atoms with Gasteiger partial charge >= 0.3 is 6.03 Å². The SMILES string of the molecule is CCCC(=O)Nc1cccc(CNC(=O)N(C)Cc2ccccc2O)c1. The maximum atomic E-state index is 12.2. The molecule has 0 fully saturated rings. The summed E-state index contributed by atoms with van der Waals surface area (Å²) in [5, 5.41) is 15.5. The molecule has 6 heteroatoms. The molecular formula is C20H25N3O3. The van der Waals surface area contributed by atoms with Crippen LogP contribution >= 0.6 is 0 Å². The standard InChI is InChI=1S/C20H25N3O3/c1-3-7-19(25)22-17-10-6-8-15(12-17)13-21-20(26)23(2)14-16-9-4-5-11-18(16)24/h4-6,8-12,24H,3,7,13-14H2,1-2H3,(H,21,26)(H,22,25). The summed E-state index contributed by atoms with van der Waals surface area (Å²) in [7, 11) is 1.67. The number of phenols is 1. The van der Waals surface area contributed by atoms with Crippen LogP contribution in [0.4, 0.5) is 10.5 Å². The normalized spacial score (nSPS) is 10.2. The van der Waals surface area contributed by atoms with Gasteiger partial charge in [0.05, 0.1) is 6.54 Å². The van der Waals surface area contributed by atoms with Crippen molar-refractivity contribution in [1.29, 1.82) is 0 Å². The van der Waals surface area contributed by atoms with Crippen LogP contribution in [-0.2, 0) is 17.9 Å². The van der Waals surface area contributed by atoms with Gasteiger partial charge in [0.15, 0.2) is 0 Å². The predicted molar refractivity (Wildman–Crippen MR) is 102 cm³/mol. The van der Waals surface area contributed by atoms with Crippen molar-refractivity contribution in [1.82, 2.24) is 10.2 Å². The van der Waals surface area contributed by atoms with Gasteiger partial charge in [-0.1, -0.05) is 37.3 Å². The zero-order chi connectivity index (χ0) is 18.9. The molecule has 0 saturated heterocycles. The molecule has 2 aromatic carbocycles. The summed E-state index contributed by atoms with van der Waals surface area (Å²) in [6, 6.07) is 14.1. The van der Waals surface area contributed by atoms with Crippen LogP contribution in [0, 0.1) is 0 Å². The molecule has 2 rings (SSSR count). The second-order valence-electron chi connectivity index (χ2n) is 6.14. The minimum atomic E-state index is -0.242. The maximum Gasteiger partial charge on any atom is 0.317 e. The van der Waals surface area contributed by atoms with E-state index in [-0.39, 0.29) is 17.7 Å². The maximum absolute atomic E-state index is 12.2. The van der Waals surface area contributed by atoms with E-state index in [0.717, 1.165) is 17.7 Å². The van der Waals surface area contributed by atoms with Gasteiger partial charge in [-0.3, -0.25) is 4.79 Å². The smallest absolute Gasteiger partial charge is 0.317 e. The van der Waals surface area contributed by atoms with Gasteiger partial charge in [0.1, 0.15) is 5.75 Å². The van der Waals surface area contributed by atoms with Crippen molar-refractivity contribution in [3.8, 4) is 5.75 Å². The Kier molecular flexibility index (Phi) is 7.02. The van der Waals surface area contributed by atoms with Crippen molar-refractivity contribution in [2.45, 2.75) is 32.9 Å². The van der Waals surface area contributed by atoms with E-state index in [1.807, 2.05) is 37.3 Å². The number of nitrogens with one attached hydrogen (secondary N) is 2. The number of aromatic hydroxyl groups is 1. The summed E-state index contributed by atoms with van der Waals surface area (Å²) in [6.07, 6.45) is 1.28. The molecule has 0 aliphatic rings. The fourth-order valence-electron chi connectivity index (χ4n) is 2.49. The van der Waals surface area contributed by atoms with Gasteiger partial charge in [0, 0.05) is 31.3 Å². The van der Waals surface area contributed by atoms with E-state index in [1.165, 1.54) is 4.90 Å². The van der Waals surface area contributed by atoms with E-state index in [4.69, 9.17) is 0 Å². The lowest BCUT2D eigenvalue weighted by Gasteiger charge is -2.19. The highest BCUT2D eigenvalue weighted by atomic mass is 16.3. The number of carbonyl (C=O) groups is 2. The Morgan fingerprint density at radius 1 is 1.12 bits per heavy atom. The lowest BCUT2D eigenvalue weighted by Crippen LogP contribution is -2.36. The van der Waals surface area contributed by atoms with Gasteiger partial charge in [0.25, 0.3) is 0 Å². The number of hydrogen-bond acceptors (Lipinski definition) is 3. The Morgan fingerprint density at radius 3 is 2.62 bits per heavy atom. The van der Waals surface area contributed by atoms with E-state index in [0.29, 0.717) is 25.1 Å². The Bertz CT molecular complexity index is 761. The zero-order valence-electron chi connectivity index (χ0n) is 15.2. The highest BCUT2D eigenvalue weighted by molar-refractivity contribution is 5.90. The Balaban J connectivity index is 1.88. The van der Waals surface area contributed by atoms with Crippen molar-refractivity contribution in [3.63, 3.8) is 0 Å². The predicted octanol–water partition coefficient (Wildman–Crippen LogP) is 3.47. The minimum Gasteiger partial charge on any atom is -0.508 e. The molecule has 6 nitrogen and oxygen atoms in total. The van der Waals surface area contributed by atoms with Crippen LogP contribution in [0.25, 0.3) is 0 Å². The van der Waals surface area contributed by atoms with Crippen LogP contribution in [-0.4, -0.2) is 29.0 Å². The summed E-state index contributed by atoms with van der Waals surface area (Å²) < 4.78 is 0. The number of rotatable bonds is 7. The number of phenolic OH excluding ortho intramolecular Hbond substituents is 1. The molecule has 26 heavy (non-hydrogen) atoms. The van der Waals surface area contributed by atoms with Gasteiger partial charge in [-0.25, -0.2) is 4.79 Å². The third-order valence-electron chi connectivity index (χ3n) is 3.88. The number of benzene rings is 2. The first-order valence-electron chi connectivity index (χ1n) is 8.64. The number of hydrogen-bond donors (Lipinski definition) is 3. The molecule has 0 aliphatic carbocycles. The molecular weight excluding hydrogens is 330 g/mol. The average molecular weight is 355 g/mol. The number of nitrogens with zero attached hydrogens (tertiary/aromatic N) is 1. The Hall–Kier alpha value is -3.02. The Labute approximate surface area is 153 Å². The van der Waals surface area contributed by atoms with Crippen molar-refractivity contribution in [2.75, 3.05) is 12.4 Å². The molecule has 0 unspecified atom stereocenters. The van der Waals surface area contributed by atoms with E-state index in [2.05, 4.69) is 10.6 Å². The summed E-state index contributed by atoms with van der Waals surface area (Å²) in [5.74, 6) is 0.152. The first-order valence-corrected chi connectivity index (χ1v) is 8.64. The molecule has 0 saturated carbocycles. The van der Waals surface area contributed by atoms with Crippen LogP contribution in [0.5, 0.6) is 5.75 Å². The molecule has 138 valence electrons. The van der Waals surface area contributed by atoms with Gasteiger partial charge in [-0.2, -0.15) is 0 Å². The monoisotopic (exact) mass is 355 g/mol. The minimum absolute atomic E-state index is 0.0175. The number of carbonyl (C=O) groups excluding carboxylic acids is 2. The molecule has 0 heterocycles. The van der Waals surface area contributed by atoms with E-state index >= 15 is 0 Å². The van der Waals surface area contributed by atoms with E-state index < -0.39 is 0 Å². The molecule has 3 N–H and O–H groups in total. The van der Waals surface area contributed by atoms with Gasteiger partial charge in [-0.15, -0.1) is 0 Å². The van der Waals surface area contributed by atoms with Crippen LogP contribution < -0.4 is 10.6 Å². The molecule has 0 bridgehead atoms.